The minimum absolute atomic E-state index is 0.0737. The molecule has 3 aromatic rings. The molecule has 3 aromatic carbocycles. The lowest BCUT2D eigenvalue weighted by molar-refractivity contribution is -0.172. The van der Waals surface area contributed by atoms with Crippen LogP contribution in [0.5, 0.6) is 5.75 Å². The van der Waals surface area contributed by atoms with Crippen LogP contribution in [0.4, 0.5) is 0 Å². The molecule has 3 rings (SSSR count). The number of hydrogen-bond acceptors (Lipinski definition) is 7. The van der Waals surface area contributed by atoms with Gasteiger partial charge in [0, 0.05) is 6.54 Å². The topological polar surface area (TPSA) is 134 Å². The summed E-state index contributed by atoms with van der Waals surface area (Å²) in [5, 5.41) is 25.8. The van der Waals surface area contributed by atoms with Crippen molar-refractivity contribution >= 4 is 29.6 Å². The second-order valence-electron chi connectivity index (χ2n) is 9.43. The second kappa shape index (κ2) is 16.6. The lowest BCUT2D eigenvalue weighted by Crippen LogP contribution is -2.45. The lowest BCUT2D eigenvalue weighted by atomic mass is 9.88. The lowest BCUT2D eigenvalue weighted by Gasteiger charge is -2.19. The minimum Gasteiger partial charge on any atom is -0.492 e. The number of likely N-dealkylation sites (N-methyl/N-ethyl adjacent to an activating group) is 1. The molecule has 0 radical (unpaired) electrons. The zero-order chi connectivity index (χ0) is 30.3. The summed E-state index contributed by atoms with van der Waals surface area (Å²) in [6.45, 7) is 2.86. The van der Waals surface area contributed by atoms with Gasteiger partial charge in [0.1, 0.15) is 19.0 Å². The normalized spacial score (nSPS) is 12.7. The Hall–Kier alpha value is -4.47. The van der Waals surface area contributed by atoms with Crippen LogP contribution in [0.1, 0.15) is 36.5 Å². The molecule has 0 aliphatic heterocycles. The first-order valence-corrected chi connectivity index (χ1v) is 13.1. The van der Waals surface area contributed by atoms with Gasteiger partial charge < -0.3 is 29.7 Å². The third-order valence-corrected chi connectivity index (χ3v) is 6.02. The third-order valence-electron chi connectivity index (χ3n) is 6.02. The number of carboxylic acids is 2. The maximum absolute atomic E-state index is 10.4. The van der Waals surface area contributed by atoms with Crippen molar-refractivity contribution in [2.45, 2.75) is 25.4 Å². The van der Waals surface area contributed by atoms with Gasteiger partial charge in [0.2, 0.25) is 5.60 Å². The van der Waals surface area contributed by atoms with Gasteiger partial charge in [0.25, 0.3) is 6.47 Å². The summed E-state index contributed by atoms with van der Waals surface area (Å²) in [5.41, 5.74) is 3.81. The number of carbonyl (C=O) groups excluding carboxylic acids is 1. The number of carbonyl (C=O) groups is 3. The summed E-state index contributed by atoms with van der Waals surface area (Å²) in [6, 6.07) is 29.8. The van der Waals surface area contributed by atoms with E-state index in [2.05, 4.69) is 116 Å². The highest BCUT2D eigenvalue weighted by atomic mass is 16.5. The Kier molecular flexibility index (Phi) is 13.2. The van der Waals surface area contributed by atoms with Crippen molar-refractivity contribution in [1.82, 2.24) is 4.90 Å². The Labute approximate surface area is 240 Å². The van der Waals surface area contributed by atoms with Crippen LogP contribution in [-0.4, -0.2) is 78.1 Å². The minimum atomic E-state index is -2.56. The number of aliphatic carboxylic acids is 2. The van der Waals surface area contributed by atoms with Crippen LogP contribution >= 0.6 is 0 Å². The van der Waals surface area contributed by atoms with Gasteiger partial charge in [-0.3, -0.25) is 9.59 Å². The molecule has 0 amide bonds. The largest absolute Gasteiger partial charge is 0.492 e. The monoisotopic (exact) mass is 563 g/mol. The van der Waals surface area contributed by atoms with Gasteiger partial charge in [-0.2, -0.15) is 0 Å². The fourth-order valence-corrected chi connectivity index (χ4v) is 3.96. The van der Waals surface area contributed by atoms with E-state index in [1.807, 2.05) is 0 Å². The van der Waals surface area contributed by atoms with Crippen LogP contribution in [-0.2, 0) is 19.1 Å². The summed E-state index contributed by atoms with van der Waals surface area (Å²) in [4.78, 5) is 32.3. The third kappa shape index (κ3) is 10.6. The highest BCUT2D eigenvalue weighted by Gasteiger charge is 2.39. The molecular formula is C32H37NO8. The van der Waals surface area contributed by atoms with Gasteiger partial charge in [0.05, 0.1) is 6.42 Å². The predicted octanol–water partition coefficient (Wildman–Crippen LogP) is 4.45. The van der Waals surface area contributed by atoms with E-state index < -0.39 is 30.6 Å². The summed E-state index contributed by atoms with van der Waals surface area (Å²) >= 11 is 0. The van der Waals surface area contributed by atoms with E-state index in [4.69, 9.17) is 20.1 Å². The smallest absolute Gasteiger partial charge is 0.339 e. The fourth-order valence-electron chi connectivity index (χ4n) is 3.96. The zero-order valence-electron chi connectivity index (χ0n) is 23.5. The van der Waals surface area contributed by atoms with Crippen molar-refractivity contribution < 1.29 is 39.2 Å². The van der Waals surface area contributed by atoms with Crippen LogP contribution in [0.25, 0.3) is 11.1 Å². The van der Waals surface area contributed by atoms with Crippen molar-refractivity contribution in [2.24, 2.45) is 0 Å². The van der Waals surface area contributed by atoms with Gasteiger partial charge in [-0.05, 0) is 60.5 Å². The van der Waals surface area contributed by atoms with Gasteiger partial charge in [-0.15, -0.1) is 0 Å². The highest BCUT2D eigenvalue weighted by molar-refractivity contribution is 5.98. The van der Waals surface area contributed by atoms with E-state index in [-0.39, 0.29) is 6.47 Å². The molecule has 0 bridgehead atoms. The quantitative estimate of drug-likeness (QED) is 0.192. The number of nitrogens with zero attached hydrogens (tertiary/aromatic N) is 1. The fraction of sp³-hybridized carbons (Fsp3) is 0.281. The molecule has 0 heterocycles. The molecule has 1 unspecified atom stereocenters. The number of allylic oxidation sites excluding steroid dienone is 1. The maximum Gasteiger partial charge on any atom is 0.339 e. The van der Waals surface area contributed by atoms with Gasteiger partial charge in [-0.1, -0.05) is 79.7 Å². The molecule has 0 aliphatic rings. The first kappa shape index (κ1) is 32.7. The maximum atomic E-state index is 10.4. The first-order valence-electron chi connectivity index (χ1n) is 13.1. The molecule has 0 spiro atoms. The highest BCUT2D eigenvalue weighted by Crippen LogP contribution is 2.34. The molecule has 3 N–H and O–H groups in total. The summed E-state index contributed by atoms with van der Waals surface area (Å²) < 4.78 is 9.86. The van der Waals surface area contributed by atoms with E-state index in [0.29, 0.717) is 6.61 Å². The summed E-state index contributed by atoms with van der Waals surface area (Å²) in [6.07, 6.45) is -0.0640. The Morgan fingerprint density at radius 3 is 1.85 bits per heavy atom. The van der Waals surface area contributed by atoms with Crippen molar-refractivity contribution in [3.63, 3.8) is 0 Å². The van der Waals surface area contributed by atoms with E-state index in [1.165, 1.54) is 27.8 Å². The van der Waals surface area contributed by atoms with Crippen molar-refractivity contribution in [2.75, 3.05) is 33.9 Å². The molecule has 0 aliphatic carbocycles. The van der Waals surface area contributed by atoms with Crippen molar-refractivity contribution in [3.8, 4) is 5.75 Å². The molecule has 218 valence electrons. The van der Waals surface area contributed by atoms with E-state index in [1.54, 1.807) is 0 Å². The average molecular weight is 564 g/mol. The molecule has 0 fully saturated rings. The van der Waals surface area contributed by atoms with Crippen LogP contribution in [0.15, 0.2) is 84.9 Å². The van der Waals surface area contributed by atoms with Crippen LogP contribution in [0.2, 0.25) is 0 Å². The molecule has 9 heteroatoms. The Morgan fingerprint density at radius 2 is 1.39 bits per heavy atom. The predicted molar refractivity (Wildman–Crippen MR) is 156 cm³/mol. The van der Waals surface area contributed by atoms with Crippen LogP contribution in [0, 0.1) is 0 Å². The Balaban J connectivity index is 0.000000383. The molecule has 1 atom stereocenters. The zero-order valence-corrected chi connectivity index (χ0v) is 23.5. The van der Waals surface area contributed by atoms with E-state index in [9.17, 15) is 14.4 Å². The number of carboxylic acid groups (broad SMARTS) is 2. The van der Waals surface area contributed by atoms with Crippen molar-refractivity contribution in [3.05, 3.63) is 102 Å². The number of ether oxygens (including phenoxy) is 2. The van der Waals surface area contributed by atoms with Crippen molar-refractivity contribution in [1.29, 1.82) is 0 Å². The summed E-state index contributed by atoms with van der Waals surface area (Å²) in [7, 11) is 4.11. The second-order valence-corrected chi connectivity index (χ2v) is 9.43. The number of benzene rings is 3. The number of hydrogen-bond donors (Lipinski definition) is 3. The molecule has 9 nitrogen and oxygen atoms in total. The molecular weight excluding hydrogens is 526 g/mol. The summed E-state index contributed by atoms with van der Waals surface area (Å²) in [5.74, 6) is -2.34. The molecule has 0 aromatic heterocycles. The Morgan fingerprint density at radius 1 is 0.854 bits per heavy atom. The number of rotatable bonds is 14. The van der Waals surface area contributed by atoms with E-state index in [0.717, 1.165) is 18.7 Å². The Bertz CT molecular complexity index is 1270. The SMILES string of the molecule is CC/C(=C(\c1ccccc1)c1ccc(OCCN(C)C)cc1)c1ccccc1.O=COCC(O)(CC(=O)O)C(=O)O. The van der Waals surface area contributed by atoms with Gasteiger partial charge >= 0.3 is 11.9 Å². The van der Waals surface area contributed by atoms with Gasteiger partial charge in [-0.25, -0.2) is 4.79 Å². The molecule has 0 saturated heterocycles. The average Bonchev–Trinajstić information content (AvgIpc) is 2.96. The van der Waals surface area contributed by atoms with Crippen LogP contribution < -0.4 is 4.74 Å². The van der Waals surface area contributed by atoms with Crippen LogP contribution in [0.3, 0.4) is 0 Å². The number of aliphatic hydroxyl groups is 1. The van der Waals surface area contributed by atoms with Gasteiger partial charge in [0.15, 0.2) is 0 Å². The molecule has 0 saturated carbocycles. The van der Waals surface area contributed by atoms with E-state index >= 15 is 0 Å². The standard InChI is InChI=1S/C26H29NO.C6H8O7/c1-4-25(21-11-7-5-8-12-21)26(22-13-9-6-10-14-22)23-15-17-24(18-16-23)28-20-19-27(2)3;7-3-13-2-6(12,5(10)11)1-4(8)9/h5-18H,4,19-20H2,1-3H3;3,12H,1-2H2,(H,8,9)(H,10,11)/b26-25-;. The molecule has 41 heavy (non-hydrogen) atoms. The first-order chi connectivity index (χ1) is 19.6.